The van der Waals surface area contributed by atoms with Crippen LogP contribution < -0.4 is 5.73 Å². The van der Waals surface area contributed by atoms with Crippen LogP contribution in [0.25, 0.3) is 10.9 Å². The molecular weight excluding hydrogens is 329 g/mol. The summed E-state index contributed by atoms with van der Waals surface area (Å²) in [5, 5.41) is 9.83. The molecule has 0 spiro atoms. The van der Waals surface area contributed by atoms with E-state index in [4.69, 9.17) is 5.73 Å². The minimum atomic E-state index is -1.39. The van der Waals surface area contributed by atoms with Crippen molar-refractivity contribution in [1.82, 2.24) is 9.47 Å². The Bertz CT molecular complexity index is 863. The zero-order valence-electron chi connectivity index (χ0n) is 13.6. The van der Waals surface area contributed by atoms with Crippen LogP contribution in [0.5, 0.6) is 0 Å². The molecule has 3 N–H and O–H groups in total. The van der Waals surface area contributed by atoms with Crippen molar-refractivity contribution in [2.75, 3.05) is 6.54 Å². The number of aromatic nitrogens is 1. The lowest BCUT2D eigenvalue weighted by atomic mass is 10.0. The van der Waals surface area contributed by atoms with E-state index in [9.17, 15) is 23.9 Å². The highest BCUT2D eigenvalue weighted by molar-refractivity contribution is 5.98. The van der Waals surface area contributed by atoms with Gasteiger partial charge in [0, 0.05) is 30.5 Å². The summed E-state index contributed by atoms with van der Waals surface area (Å²) in [5.41, 5.74) is 7.08. The highest BCUT2D eigenvalue weighted by atomic mass is 19.1. The van der Waals surface area contributed by atoms with Crippen LogP contribution in [0.3, 0.4) is 0 Å². The lowest BCUT2D eigenvalue weighted by molar-refractivity contribution is -0.148. The molecule has 0 radical (unpaired) electrons. The number of carboxylic acid groups (broad SMARTS) is 1. The van der Waals surface area contributed by atoms with Gasteiger partial charge in [-0.3, -0.25) is 14.2 Å². The van der Waals surface area contributed by atoms with Gasteiger partial charge >= 0.3 is 5.97 Å². The molecule has 1 fully saturated rings. The van der Waals surface area contributed by atoms with Crippen molar-refractivity contribution in [3.63, 3.8) is 0 Å². The number of carbonyl (C=O) groups is 3. The number of alkyl halides is 1. The molecular formula is C17H18FN3O4. The first kappa shape index (κ1) is 17.1. The second-order valence-corrected chi connectivity index (χ2v) is 6.15. The van der Waals surface area contributed by atoms with Gasteiger partial charge in [-0.15, -0.1) is 0 Å². The van der Waals surface area contributed by atoms with Gasteiger partial charge in [-0.2, -0.15) is 0 Å². The number of amides is 1. The first-order chi connectivity index (χ1) is 11.8. The number of hydrogen-bond acceptors (Lipinski definition) is 4. The number of rotatable bonds is 3. The van der Waals surface area contributed by atoms with Gasteiger partial charge in [0.15, 0.2) is 0 Å². The van der Waals surface area contributed by atoms with Crippen molar-refractivity contribution in [1.29, 1.82) is 0 Å². The third-order valence-corrected chi connectivity index (χ3v) is 4.50. The molecule has 132 valence electrons. The van der Waals surface area contributed by atoms with Crippen LogP contribution in [0.1, 0.15) is 29.7 Å². The number of carbonyl (C=O) groups excluding carboxylic acids is 2. The summed E-state index contributed by atoms with van der Waals surface area (Å²) < 4.78 is 15.0. The Labute approximate surface area is 142 Å². The molecule has 1 aliphatic heterocycles. The molecule has 1 aliphatic rings. The van der Waals surface area contributed by atoms with Gasteiger partial charge < -0.3 is 15.7 Å². The second-order valence-electron chi connectivity index (χ2n) is 6.15. The lowest BCUT2D eigenvalue weighted by Gasteiger charge is -2.24. The van der Waals surface area contributed by atoms with Gasteiger partial charge in [-0.25, -0.2) is 9.18 Å². The largest absolute Gasteiger partial charge is 0.480 e. The molecule has 0 aliphatic carbocycles. The molecule has 25 heavy (non-hydrogen) atoms. The number of para-hydroxylation sites is 1. The average Bonchev–Trinajstić information content (AvgIpc) is 3.14. The summed E-state index contributed by atoms with van der Waals surface area (Å²) in [6.45, 7) is 1.09. The van der Waals surface area contributed by atoms with Crippen molar-refractivity contribution in [3.05, 3.63) is 36.0 Å². The molecule has 1 amide bonds. The van der Waals surface area contributed by atoms with Gasteiger partial charge in [0.2, 0.25) is 11.8 Å². The predicted octanol–water partition coefficient (Wildman–Crippen LogP) is 1.32. The van der Waals surface area contributed by atoms with Crippen molar-refractivity contribution >= 4 is 28.7 Å². The number of likely N-dealkylation sites (tertiary alicyclic amines) is 1. The monoisotopic (exact) mass is 347 g/mol. The third-order valence-electron chi connectivity index (χ3n) is 4.50. The molecule has 3 atom stereocenters. The van der Waals surface area contributed by atoms with Gasteiger partial charge in [0.25, 0.3) is 0 Å². The SMILES string of the molecule is CC(=O)n1cc(C(N)C(=O)N2C[C@H](F)C[C@H]2C(=O)O)c2ccccc21. The maximum atomic E-state index is 13.6. The zero-order valence-corrected chi connectivity index (χ0v) is 13.6. The first-order valence-electron chi connectivity index (χ1n) is 7.85. The number of aliphatic carboxylic acids is 1. The molecule has 3 rings (SSSR count). The smallest absolute Gasteiger partial charge is 0.326 e. The van der Waals surface area contributed by atoms with E-state index in [1.165, 1.54) is 17.7 Å². The number of nitrogens with zero attached hydrogens (tertiary/aromatic N) is 2. The summed E-state index contributed by atoms with van der Waals surface area (Å²) in [6, 6.07) is 4.56. The van der Waals surface area contributed by atoms with Crippen molar-refractivity contribution in [2.24, 2.45) is 5.73 Å². The summed E-state index contributed by atoms with van der Waals surface area (Å²) in [4.78, 5) is 36.8. The Morgan fingerprint density at radius 3 is 2.64 bits per heavy atom. The summed E-state index contributed by atoms with van der Waals surface area (Å²) in [6.07, 6.45) is -0.159. The minimum absolute atomic E-state index is 0.240. The fourth-order valence-corrected chi connectivity index (χ4v) is 3.29. The fraction of sp³-hybridized carbons (Fsp3) is 0.353. The van der Waals surface area contributed by atoms with Crippen LogP contribution in [0.2, 0.25) is 0 Å². The van der Waals surface area contributed by atoms with Crippen LogP contribution in [0.4, 0.5) is 4.39 Å². The van der Waals surface area contributed by atoms with Gasteiger partial charge in [0.05, 0.1) is 12.1 Å². The van der Waals surface area contributed by atoms with E-state index < -0.39 is 30.1 Å². The molecule has 2 aromatic rings. The Kier molecular flexibility index (Phi) is 4.30. The average molecular weight is 347 g/mol. The molecule has 2 heterocycles. The van der Waals surface area contributed by atoms with Crippen molar-refractivity contribution in [2.45, 2.75) is 31.6 Å². The molecule has 0 saturated carbocycles. The van der Waals surface area contributed by atoms with Gasteiger partial charge in [-0.1, -0.05) is 18.2 Å². The Hall–Kier alpha value is -2.74. The number of carboxylic acids is 1. The van der Waals surface area contributed by atoms with E-state index in [-0.39, 0.29) is 18.9 Å². The van der Waals surface area contributed by atoms with Crippen LogP contribution >= 0.6 is 0 Å². The lowest BCUT2D eigenvalue weighted by Crippen LogP contribution is -2.45. The van der Waals surface area contributed by atoms with E-state index >= 15 is 0 Å². The Morgan fingerprint density at radius 2 is 2.00 bits per heavy atom. The van der Waals surface area contributed by atoms with Gasteiger partial charge in [0.1, 0.15) is 18.3 Å². The van der Waals surface area contributed by atoms with Crippen LogP contribution in [0.15, 0.2) is 30.5 Å². The molecule has 0 bridgehead atoms. The Morgan fingerprint density at radius 1 is 1.32 bits per heavy atom. The van der Waals surface area contributed by atoms with E-state index in [2.05, 4.69) is 0 Å². The zero-order chi connectivity index (χ0) is 18.3. The number of nitrogens with two attached hydrogens (primary N) is 1. The Balaban J connectivity index is 1.99. The summed E-state index contributed by atoms with van der Waals surface area (Å²) in [7, 11) is 0. The maximum absolute atomic E-state index is 13.6. The first-order valence-corrected chi connectivity index (χ1v) is 7.85. The minimum Gasteiger partial charge on any atom is -0.480 e. The van der Waals surface area contributed by atoms with Crippen LogP contribution in [-0.2, 0) is 9.59 Å². The van der Waals surface area contributed by atoms with E-state index in [1.807, 2.05) is 0 Å². The third kappa shape index (κ3) is 2.89. The second kappa shape index (κ2) is 6.29. The maximum Gasteiger partial charge on any atom is 0.326 e. The normalized spacial score (nSPS) is 21.5. The van der Waals surface area contributed by atoms with E-state index in [1.54, 1.807) is 24.3 Å². The predicted molar refractivity (Wildman–Crippen MR) is 87.8 cm³/mol. The van der Waals surface area contributed by atoms with Crippen LogP contribution in [0, 0.1) is 0 Å². The standard InChI is InChI=1S/C17H18FN3O4/c1-9(22)20-8-12(11-4-2-3-5-13(11)20)15(19)16(23)21-7-10(18)6-14(21)17(24)25/h2-5,8,10,14-15H,6-7,19H2,1H3,(H,24,25)/t10-,14+,15?/m1/s1. The van der Waals surface area contributed by atoms with Crippen molar-refractivity contribution in [3.8, 4) is 0 Å². The molecule has 1 unspecified atom stereocenters. The highest BCUT2D eigenvalue weighted by Crippen LogP contribution is 2.29. The number of hydrogen-bond donors (Lipinski definition) is 2. The van der Waals surface area contributed by atoms with Crippen LogP contribution in [-0.4, -0.2) is 51.1 Å². The topological polar surface area (TPSA) is 106 Å². The van der Waals surface area contributed by atoms with E-state index in [0.29, 0.717) is 16.5 Å². The molecule has 1 aromatic carbocycles. The fourth-order valence-electron chi connectivity index (χ4n) is 3.29. The molecule has 7 nitrogen and oxygen atoms in total. The molecule has 1 saturated heterocycles. The number of benzene rings is 1. The molecule has 1 aromatic heterocycles. The molecule has 8 heteroatoms. The number of halogens is 1. The van der Waals surface area contributed by atoms with Gasteiger partial charge in [-0.05, 0) is 6.07 Å². The summed E-state index contributed by atoms with van der Waals surface area (Å²) >= 11 is 0. The van der Waals surface area contributed by atoms with E-state index in [0.717, 1.165) is 4.90 Å². The highest BCUT2D eigenvalue weighted by Gasteiger charge is 2.42. The van der Waals surface area contributed by atoms with Crippen molar-refractivity contribution < 1.29 is 23.9 Å². The summed E-state index contributed by atoms with van der Waals surface area (Å²) in [5.74, 6) is -2.17. The number of fused-ring (bicyclic) bond motifs is 1. The quantitative estimate of drug-likeness (QED) is 0.871.